The molecule has 1 fully saturated rings. The molecule has 164 valence electrons. The Balaban J connectivity index is 1.98. The number of aliphatic hydroxyl groups excluding tert-OH is 1. The molecule has 3 aromatic rings. The van der Waals surface area contributed by atoms with E-state index in [2.05, 4.69) is 0 Å². The number of rotatable bonds is 5. The molecule has 7 nitrogen and oxygen atoms in total. The van der Waals surface area contributed by atoms with Crippen molar-refractivity contribution in [3.63, 3.8) is 0 Å². The Hall–Kier alpha value is -3.42. The Morgan fingerprint density at radius 1 is 1.06 bits per heavy atom. The van der Waals surface area contributed by atoms with Crippen LogP contribution in [0.3, 0.4) is 0 Å². The van der Waals surface area contributed by atoms with Crippen LogP contribution in [0.5, 0.6) is 11.5 Å². The quantitative estimate of drug-likeness (QED) is 0.310. The van der Waals surface area contributed by atoms with Gasteiger partial charge in [0.25, 0.3) is 11.7 Å². The van der Waals surface area contributed by atoms with Crippen molar-refractivity contribution < 1.29 is 28.6 Å². The van der Waals surface area contributed by atoms with Crippen molar-refractivity contribution in [3.8, 4) is 11.5 Å². The van der Waals surface area contributed by atoms with Crippen molar-refractivity contribution in [2.24, 2.45) is 0 Å². The summed E-state index contributed by atoms with van der Waals surface area (Å²) in [5.74, 6) is -1.35. The number of benzene rings is 2. The van der Waals surface area contributed by atoms with Crippen LogP contribution < -0.4 is 14.4 Å². The summed E-state index contributed by atoms with van der Waals surface area (Å²) in [6.45, 7) is 0. The maximum absolute atomic E-state index is 13.1. The predicted molar refractivity (Wildman–Crippen MR) is 119 cm³/mol. The highest BCUT2D eigenvalue weighted by Crippen LogP contribution is 2.45. The number of amides is 1. The second-order valence-electron chi connectivity index (χ2n) is 6.85. The fraction of sp³-hybridized carbons (Fsp3) is 0.130. The normalized spacial score (nSPS) is 17.6. The number of nitrogens with zero attached hydrogens (tertiary/aromatic N) is 1. The number of methoxy groups -OCH3 is 2. The lowest BCUT2D eigenvalue weighted by Crippen LogP contribution is -2.29. The van der Waals surface area contributed by atoms with E-state index in [1.165, 1.54) is 37.5 Å². The van der Waals surface area contributed by atoms with Crippen LogP contribution >= 0.6 is 23.2 Å². The average Bonchev–Trinajstić information content (AvgIpc) is 3.40. The minimum atomic E-state index is -1.04. The third-order valence-corrected chi connectivity index (χ3v) is 5.56. The number of Topliss-reactive ketones (excluding diaryl/α,β-unsaturated/α-hetero) is 1. The van der Waals surface area contributed by atoms with Crippen LogP contribution in [-0.2, 0) is 9.59 Å². The smallest absolute Gasteiger partial charge is 0.300 e. The summed E-state index contributed by atoms with van der Waals surface area (Å²) in [4.78, 5) is 27.5. The van der Waals surface area contributed by atoms with Gasteiger partial charge in [0.1, 0.15) is 29.1 Å². The van der Waals surface area contributed by atoms with Crippen LogP contribution in [-0.4, -0.2) is 31.0 Å². The van der Waals surface area contributed by atoms with Gasteiger partial charge < -0.3 is 19.0 Å². The largest absolute Gasteiger partial charge is 0.507 e. The van der Waals surface area contributed by atoms with Crippen LogP contribution in [0.1, 0.15) is 17.4 Å². The Bertz CT molecular complexity index is 1240. The number of halogens is 2. The molecule has 1 atom stereocenters. The maximum atomic E-state index is 13.1. The number of furan rings is 1. The first-order valence-electron chi connectivity index (χ1n) is 9.39. The summed E-state index contributed by atoms with van der Waals surface area (Å²) in [5.41, 5.74) is 0.276. The van der Waals surface area contributed by atoms with Crippen molar-refractivity contribution in [2.75, 3.05) is 19.1 Å². The minimum Gasteiger partial charge on any atom is -0.507 e. The molecular weight excluding hydrogens is 457 g/mol. The summed E-state index contributed by atoms with van der Waals surface area (Å²) in [6.07, 6.45) is 1.41. The van der Waals surface area contributed by atoms with Gasteiger partial charge in [-0.3, -0.25) is 14.5 Å². The van der Waals surface area contributed by atoms with E-state index in [1.807, 2.05) is 0 Å². The van der Waals surface area contributed by atoms with Gasteiger partial charge in [-0.05, 0) is 36.4 Å². The molecule has 1 aliphatic heterocycles. The number of hydrogen-bond donors (Lipinski definition) is 1. The monoisotopic (exact) mass is 473 g/mol. The van der Waals surface area contributed by atoms with Crippen LogP contribution in [0.25, 0.3) is 5.76 Å². The van der Waals surface area contributed by atoms with Gasteiger partial charge in [-0.2, -0.15) is 0 Å². The summed E-state index contributed by atoms with van der Waals surface area (Å²) in [7, 11) is 2.86. The molecule has 0 spiro atoms. The van der Waals surface area contributed by atoms with Gasteiger partial charge in [0, 0.05) is 16.8 Å². The number of carbonyl (C=O) groups is 2. The van der Waals surface area contributed by atoms with Gasteiger partial charge in [-0.1, -0.05) is 29.3 Å². The van der Waals surface area contributed by atoms with Gasteiger partial charge in [-0.25, -0.2) is 0 Å². The molecule has 1 unspecified atom stereocenters. The lowest BCUT2D eigenvalue weighted by atomic mass is 9.98. The SMILES string of the molecule is COc1cccc(N2C(=O)C(=O)/C(=C(\O)c3cc(Cl)cc(Cl)c3OC)C2c2ccco2)c1. The van der Waals surface area contributed by atoms with E-state index in [4.69, 9.17) is 37.1 Å². The molecule has 1 aliphatic rings. The maximum Gasteiger partial charge on any atom is 0.300 e. The molecule has 1 N–H and O–H groups in total. The fourth-order valence-electron chi connectivity index (χ4n) is 3.66. The summed E-state index contributed by atoms with van der Waals surface area (Å²) in [6, 6.07) is 11.7. The first kappa shape index (κ1) is 21.8. The lowest BCUT2D eigenvalue weighted by Gasteiger charge is -2.24. The van der Waals surface area contributed by atoms with Crippen molar-refractivity contribution in [1.29, 1.82) is 0 Å². The Labute approximate surface area is 193 Å². The molecule has 1 aromatic heterocycles. The second-order valence-corrected chi connectivity index (χ2v) is 7.70. The molecule has 1 amide bonds. The van der Waals surface area contributed by atoms with E-state index in [-0.39, 0.29) is 32.7 Å². The molecule has 9 heteroatoms. The first-order chi connectivity index (χ1) is 15.4. The molecule has 32 heavy (non-hydrogen) atoms. The number of anilines is 1. The predicted octanol–water partition coefficient (Wildman–Crippen LogP) is 5.23. The zero-order valence-electron chi connectivity index (χ0n) is 17.0. The molecule has 4 rings (SSSR count). The third-order valence-electron chi connectivity index (χ3n) is 5.06. The molecule has 0 radical (unpaired) electrons. The summed E-state index contributed by atoms with van der Waals surface area (Å²) in [5, 5.41) is 11.6. The highest BCUT2D eigenvalue weighted by Gasteiger charge is 2.48. The second kappa shape index (κ2) is 8.61. The van der Waals surface area contributed by atoms with Gasteiger partial charge in [0.05, 0.1) is 36.6 Å². The highest BCUT2D eigenvalue weighted by molar-refractivity contribution is 6.51. The molecule has 2 aromatic carbocycles. The Morgan fingerprint density at radius 3 is 2.50 bits per heavy atom. The van der Waals surface area contributed by atoms with Crippen molar-refractivity contribution in [3.05, 3.63) is 81.7 Å². The van der Waals surface area contributed by atoms with Crippen molar-refractivity contribution >= 4 is 46.3 Å². The number of ether oxygens (including phenoxy) is 2. The fourth-order valence-corrected chi connectivity index (χ4v) is 4.23. The van der Waals surface area contributed by atoms with Gasteiger partial charge >= 0.3 is 0 Å². The molecular formula is C23H17Cl2NO6. The topological polar surface area (TPSA) is 89.2 Å². The van der Waals surface area contributed by atoms with E-state index < -0.39 is 23.5 Å². The van der Waals surface area contributed by atoms with E-state index in [9.17, 15) is 14.7 Å². The lowest BCUT2D eigenvalue weighted by molar-refractivity contribution is -0.132. The van der Waals surface area contributed by atoms with Gasteiger partial charge in [-0.15, -0.1) is 0 Å². The molecule has 0 aliphatic carbocycles. The van der Waals surface area contributed by atoms with Gasteiger partial charge in [0.2, 0.25) is 0 Å². The molecule has 0 saturated carbocycles. The first-order valence-corrected chi connectivity index (χ1v) is 10.1. The summed E-state index contributed by atoms with van der Waals surface area (Å²) < 4.78 is 16.1. The number of aliphatic hydroxyl groups is 1. The molecule has 2 heterocycles. The number of carbonyl (C=O) groups excluding carboxylic acids is 2. The number of ketones is 1. The molecule has 1 saturated heterocycles. The summed E-state index contributed by atoms with van der Waals surface area (Å²) >= 11 is 12.3. The van der Waals surface area contributed by atoms with Crippen molar-refractivity contribution in [2.45, 2.75) is 6.04 Å². The van der Waals surface area contributed by atoms with E-state index in [0.717, 1.165) is 0 Å². The minimum absolute atomic E-state index is 0.0743. The molecule has 0 bridgehead atoms. The van der Waals surface area contributed by atoms with E-state index in [0.29, 0.717) is 11.4 Å². The van der Waals surface area contributed by atoms with Crippen LogP contribution in [0, 0.1) is 0 Å². The van der Waals surface area contributed by atoms with Crippen LogP contribution in [0.15, 0.2) is 64.8 Å². The van der Waals surface area contributed by atoms with Crippen LogP contribution in [0.4, 0.5) is 5.69 Å². The zero-order chi connectivity index (χ0) is 23.0. The zero-order valence-corrected chi connectivity index (χ0v) is 18.5. The van der Waals surface area contributed by atoms with E-state index in [1.54, 1.807) is 36.4 Å². The average molecular weight is 474 g/mol. The Morgan fingerprint density at radius 2 is 1.84 bits per heavy atom. The Kier molecular flexibility index (Phi) is 5.86. The highest BCUT2D eigenvalue weighted by atomic mass is 35.5. The van der Waals surface area contributed by atoms with E-state index >= 15 is 0 Å². The van der Waals surface area contributed by atoms with Gasteiger partial charge in [0.15, 0.2) is 0 Å². The third kappa shape index (κ3) is 3.59. The number of hydrogen-bond acceptors (Lipinski definition) is 6. The standard InChI is InChI=1S/C23H17Cl2NO6/c1-30-14-6-3-5-13(11-14)26-19(17-7-4-8-32-17)18(21(28)23(26)29)20(27)15-9-12(24)10-16(25)22(15)31-2/h3-11,19,27H,1-2H3/b20-18-. The van der Waals surface area contributed by atoms with Crippen molar-refractivity contribution in [1.82, 2.24) is 0 Å². The van der Waals surface area contributed by atoms with Crippen LogP contribution in [0.2, 0.25) is 10.0 Å².